The van der Waals surface area contributed by atoms with Crippen molar-refractivity contribution in [2.75, 3.05) is 0 Å². The highest BCUT2D eigenvalue weighted by atomic mass is 35.5. The average molecular weight is 297 g/mol. The van der Waals surface area contributed by atoms with E-state index in [1.54, 1.807) is 6.07 Å². The molecule has 2 aromatic rings. The number of hydrogen-bond donors (Lipinski definition) is 0. The van der Waals surface area contributed by atoms with Crippen molar-refractivity contribution in [3.05, 3.63) is 70.0 Å². The third-order valence-corrected chi connectivity index (χ3v) is 4.53. The van der Waals surface area contributed by atoms with Crippen LogP contribution in [0, 0.1) is 12.7 Å². The van der Waals surface area contributed by atoms with Crippen molar-refractivity contribution < 1.29 is 8.60 Å². The van der Waals surface area contributed by atoms with Crippen molar-refractivity contribution in [3.63, 3.8) is 0 Å². The van der Waals surface area contributed by atoms with Crippen LogP contribution in [0.25, 0.3) is 0 Å². The fourth-order valence-electron chi connectivity index (χ4n) is 1.81. The van der Waals surface area contributed by atoms with E-state index in [-0.39, 0.29) is 5.82 Å². The highest BCUT2D eigenvalue weighted by molar-refractivity contribution is 7.83. The predicted molar refractivity (Wildman–Crippen MR) is 78.1 cm³/mol. The minimum absolute atomic E-state index is 0.332. The van der Waals surface area contributed by atoms with Gasteiger partial charge in [0.15, 0.2) is 0 Å². The summed E-state index contributed by atoms with van der Waals surface area (Å²) in [6, 6.07) is 12.0. The van der Waals surface area contributed by atoms with Crippen molar-refractivity contribution in [3.8, 4) is 0 Å². The van der Waals surface area contributed by atoms with Gasteiger partial charge >= 0.3 is 0 Å². The summed E-state index contributed by atoms with van der Waals surface area (Å²) in [5.41, 5.74) is 2.91. The molecule has 0 heterocycles. The third kappa shape index (κ3) is 3.88. The Bertz CT molecular complexity index is 613. The summed E-state index contributed by atoms with van der Waals surface area (Å²) >= 11 is 5.93. The highest BCUT2D eigenvalue weighted by Crippen LogP contribution is 2.20. The Morgan fingerprint density at radius 1 is 1.11 bits per heavy atom. The van der Waals surface area contributed by atoms with E-state index in [0.29, 0.717) is 16.5 Å². The van der Waals surface area contributed by atoms with Crippen LogP contribution in [0.1, 0.15) is 16.7 Å². The van der Waals surface area contributed by atoms with Gasteiger partial charge in [-0.3, -0.25) is 4.21 Å². The number of halogens is 2. The van der Waals surface area contributed by atoms with Gasteiger partial charge in [0.25, 0.3) is 0 Å². The molecule has 0 saturated carbocycles. The maximum absolute atomic E-state index is 12.9. The predicted octanol–water partition coefficient (Wildman–Crippen LogP) is 4.24. The molecule has 4 heteroatoms. The van der Waals surface area contributed by atoms with Crippen LogP contribution in [0.5, 0.6) is 0 Å². The number of hydrogen-bond acceptors (Lipinski definition) is 1. The van der Waals surface area contributed by atoms with E-state index >= 15 is 0 Å². The molecule has 0 radical (unpaired) electrons. The molecule has 0 N–H and O–H groups in total. The molecule has 2 aromatic carbocycles. The van der Waals surface area contributed by atoms with Crippen LogP contribution in [-0.2, 0) is 22.3 Å². The Hall–Kier alpha value is -1.19. The molecule has 1 unspecified atom stereocenters. The van der Waals surface area contributed by atoms with Gasteiger partial charge in [-0.2, -0.15) is 0 Å². The first kappa shape index (κ1) is 14.2. The van der Waals surface area contributed by atoms with Crippen LogP contribution >= 0.6 is 11.6 Å². The number of benzene rings is 2. The first-order chi connectivity index (χ1) is 9.06. The second-order valence-electron chi connectivity index (χ2n) is 4.39. The third-order valence-electron chi connectivity index (χ3n) is 2.91. The molecule has 0 aliphatic carbocycles. The molecule has 100 valence electrons. The van der Waals surface area contributed by atoms with Gasteiger partial charge in [0.2, 0.25) is 0 Å². The lowest BCUT2D eigenvalue weighted by molar-refractivity contribution is 0.627. The molecule has 0 amide bonds. The fourth-order valence-corrected chi connectivity index (χ4v) is 3.49. The molecule has 0 bridgehead atoms. The molecule has 1 nitrogen and oxygen atoms in total. The fraction of sp³-hybridized carbons (Fsp3) is 0.200. The van der Waals surface area contributed by atoms with Gasteiger partial charge in [0, 0.05) is 21.6 Å². The van der Waals surface area contributed by atoms with Crippen molar-refractivity contribution >= 4 is 22.4 Å². The van der Waals surface area contributed by atoms with Gasteiger partial charge in [-0.25, -0.2) is 4.39 Å². The lowest BCUT2D eigenvalue weighted by atomic mass is 10.1. The summed E-state index contributed by atoms with van der Waals surface area (Å²) in [5, 5.41) is 0.332. The quantitative estimate of drug-likeness (QED) is 0.825. The lowest BCUT2D eigenvalue weighted by Crippen LogP contribution is -2.01. The van der Waals surface area contributed by atoms with Gasteiger partial charge in [-0.15, -0.1) is 0 Å². The average Bonchev–Trinajstić information content (AvgIpc) is 2.36. The van der Waals surface area contributed by atoms with Crippen LogP contribution in [0.3, 0.4) is 0 Å². The van der Waals surface area contributed by atoms with Crippen LogP contribution < -0.4 is 0 Å². The zero-order valence-electron chi connectivity index (χ0n) is 10.5. The molecular weight excluding hydrogens is 283 g/mol. The first-order valence-electron chi connectivity index (χ1n) is 5.89. The zero-order valence-corrected chi connectivity index (χ0v) is 12.1. The summed E-state index contributed by atoms with van der Waals surface area (Å²) in [5.74, 6) is 0.451. The number of rotatable bonds is 4. The molecular formula is C15H14ClFOS. The summed E-state index contributed by atoms with van der Waals surface area (Å²) in [6.07, 6.45) is 0. The second kappa shape index (κ2) is 6.31. The molecule has 0 aliphatic rings. The van der Waals surface area contributed by atoms with Crippen LogP contribution in [-0.4, -0.2) is 4.21 Å². The number of aryl methyl sites for hydroxylation is 1. The molecule has 1 atom stereocenters. The van der Waals surface area contributed by atoms with Gasteiger partial charge in [0.1, 0.15) is 5.82 Å². The van der Waals surface area contributed by atoms with E-state index in [2.05, 4.69) is 0 Å². The van der Waals surface area contributed by atoms with Crippen molar-refractivity contribution in [1.29, 1.82) is 0 Å². The maximum atomic E-state index is 12.9. The standard InChI is InChI=1S/C15H14ClFOS/c1-11-4-2-3-5-12(11)9-19(18)10-13-6-7-14(17)8-15(13)16/h2-8H,9-10H2,1H3. The van der Waals surface area contributed by atoms with E-state index in [9.17, 15) is 8.60 Å². The summed E-state index contributed by atoms with van der Waals surface area (Å²) in [4.78, 5) is 0. The molecule has 0 saturated heterocycles. The second-order valence-corrected chi connectivity index (χ2v) is 6.25. The normalized spacial score (nSPS) is 12.4. The van der Waals surface area contributed by atoms with Crippen LogP contribution in [0.4, 0.5) is 4.39 Å². The minimum Gasteiger partial charge on any atom is -0.259 e. The van der Waals surface area contributed by atoms with E-state index in [1.165, 1.54) is 12.1 Å². The van der Waals surface area contributed by atoms with E-state index in [4.69, 9.17) is 11.6 Å². The molecule has 0 fully saturated rings. The van der Waals surface area contributed by atoms with Crippen LogP contribution in [0.2, 0.25) is 5.02 Å². The van der Waals surface area contributed by atoms with E-state index < -0.39 is 10.8 Å². The monoisotopic (exact) mass is 296 g/mol. The summed E-state index contributed by atoms with van der Waals surface area (Å²) < 4.78 is 25.1. The molecule has 2 rings (SSSR count). The Kier molecular flexibility index (Phi) is 4.72. The Labute approximate surface area is 119 Å². The zero-order chi connectivity index (χ0) is 13.8. The van der Waals surface area contributed by atoms with Gasteiger partial charge in [-0.1, -0.05) is 41.9 Å². The molecule has 19 heavy (non-hydrogen) atoms. The smallest absolute Gasteiger partial charge is 0.124 e. The first-order valence-corrected chi connectivity index (χ1v) is 7.76. The molecule has 0 aliphatic heterocycles. The topological polar surface area (TPSA) is 17.1 Å². The Morgan fingerprint density at radius 2 is 1.79 bits per heavy atom. The van der Waals surface area contributed by atoms with Crippen LogP contribution in [0.15, 0.2) is 42.5 Å². The van der Waals surface area contributed by atoms with Crippen molar-refractivity contribution in [1.82, 2.24) is 0 Å². The maximum Gasteiger partial charge on any atom is 0.124 e. The van der Waals surface area contributed by atoms with Gasteiger partial charge in [0.05, 0.1) is 5.75 Å². The van der Waals surface area contributed by atoms with Gasteiger partial charge in [-0.05, 0) is 35.7 Å². The lowest BCUT2D eigenvalue weighted by Gasteiger charge is -2.07. The van der Waals surface area contributed by atoms with Gasteiger partial charge < -0.3 is 0 Å². The molecule has 0 spiro atoms. The van der Waals surface area contributed by atoms with Crippen molar-refractivity contribution in [2.45, 2.75) is 18.4 Å². The van der Waals surface area contributed by atoms with Crippen molar-refractivity contribution in [2.24, 2.45) is 0 Å². The Morgan fingerprint density at radius 3 is 2.47 bits per heavy atom. The van der Waals surface area contributed by atoms with E-state index in [0.717, 1.165) is 16.7 Å². The summed E-state index contributed by atoms with van der Waals surface area (Å²) in [6.45, 7) is 2.00. The minimum atomic E-state index is -1.06. The Balaban J connectivity index is 2.08. The highest BCUT2D eigenvalue weighted by Gasteiger charge is 2.08. The largest absolute Gasteiger partial charge is 0.259 e. The molecule has 0 aromatic heterocycles. The SMILES string of the molecule is Cc1ccccc1CS(=O)Cc1ccc(F)cc1Cl. The summed E-state index contributed by atoms with van der Waals surface area (Å²) in [7, 11) is -1.06. The van der Waals surface area contributed by atoms with E-state index in [1.807, 2.05) is 31.2 Å².